The van der Waals surface area contributed by atoms with E-state index in [-0.39, 0.29) is 0 Å². The Kier molecular flexibility index (Phi) is 4.10. The van der Waals surface area contributed by atoms with Gasteiger partial charge in [-0.1, -0.05) is 6.07 Å². The van der Waals surface area contributed by atoms with Crippen LogP contribution in [-0.2, 0) is 0 Å². The van der Waals surface area contributed by atoms with Crippen molar-refractivity contribution in [1.82, 2.24) is 4.98 Å². The number of aromatic nitrogens is 1. The van der Waals surface area contributed by atoms with Gasteiger partial charge in [0.2, 0.25) is 0 Å². The summed E-state index contributed by atoms with van der Waals surface area (Å²) in [5, 5.41) is 3.36. The molecule has 0 aliphatic heterocycles. The molecule has 100 valence electrons. The van der Waals surface area contributed by atoms with Crippen LogP contribution in [0.15, 0.2) is 34.9 Å². The summed E-state index contributed by atoms with van der Waals surface area (Å²) in [4.78, 5) is 6.51. The van der Waals surface area contributed by atoms with Gasteiger partial charge in [0, 0.05) is 36.1 Å². The van der Waals surface area contributed by atoms with Crippen molar-refractivity contribution in [3.05, 3.63) is 46.1 Å². The zero-order valence-electron chi connectivity index (χ0n) is 11.7. The molecular formula is C15H18BrN3. The highest BCUT2D eigenvalue weighted by Gasteiger charge is 2.05. The van der Waals surface area contributed by atoms with Gasteiger partial charge in [-0.3, -0.25) is 0 Å². The van der Waals surface area contributed by atoms with Gasteiger partial charge in [-0.15, -0.1) is 0 Å². The molecule has 0 atom stereocenters. The number of anilines is 3. The van der Waals surface area contributed by atoms with Crippen LogP contribution in [-0.4, -0.2) is 19.1 Å². The molecule has 0 saturated carbocycles. The van der Waals surface area contributed by atoms with Crippen LogP contribution in [0.2, 0.25) is 0 Å². The average Bonchev–Trinajstić information content (AvgIpc) is 2.34. The molecule has 0 amide bonds. The number of pyridine rings is 1. The summed E-state index contributed by atoms with van der Waals surface area (Å²) < 4.78 is 0.994. The summed E-state index contributed by atoms with van der Waals surface area (Å²) in [5.41, 5.74) is 4.63. The third kappa shape index (κ3) is 3.26. The van der Waals surface area contributed by atoms with Crippen molar-refractivity contribution < 1.29 is 0 Å². The lowest BCUT2D eigenvalue weighted by Gasteiger charge is -2.17. The third-order valence-corrected chi connectivity index (χ3v) is 3.43. The van der Waals surface area contributed by atoms with E-state index in [0.29, 0.717) is 0 Å². The maximum atomic E-state index is 4.40. The van der Waals surface area contributed by atoms with Crippen LogP contribution in [0.5, 0.6) is 0 Å². The molecular weight excluding hydrogens is 302 g/mol. The Morgan fingerprint density at radius 3 is 2.47 bits per heavy atom. The van der Waals surface area contributed by atoms with Crippen molar-refractivity contribution in [2.75, 3.05) is 24.3 Å². The van der Waals surface area contributed by atoms with E-state index < -0.39 is 0 Å². The van der Waals surface area contributed by atoms with Gasteiger partial charge in [0.1, 0.15) is 5.82 Å². The number of rotatable bonds is 3. The summed E-state index contributed by atoms with van der Waals surface area (Å²) in [5.74, 6) is 0.886. The number of hydrogen-bond acceptors (Lipinski definition) is 3. The van der Waals surface area contributed by atoms with Gasteiger partial charge >= 0.3 is 0 Å². The standard InChI is InChI=1S/C15H18BrN3/c1-10-5-6-13(8-14(10)19(3)4)18-15-11(2)7-12(16)9-17-15/h5-9H,1-4H3,(H,17,18). The highest BCUT2D eigenvalue weighted by molar-refractivity contribution is 9.10. The highest BCUT2D eigenvalue weighted by atomic mass is 79.9. The summed E-state index contributed by atoms with van der Waals surface area (Å²) in [7, 11) is 4.10. The summed E-state index contributed by atoms with van der Waals surface area (Å²) in [6.45, 7) is 4.16. The zero-order valence-corrected chi connectivity index (χ0v) is 13.2. The van der Waals surface area contributed by atoms with Crippen LogP contribution in [0, 0.1) is 13.8 Å². The van der Waals surface area contributed by atoms with Crippen LogP contribution in [0.3, 0.4) is 0 Å². The van der Waals surface area contributed by atoms with Crippen LogP contribution in [0.1, 0.15) is 11.1 Å². The number of halogens is 1. The Morgan fingerprint density at radius 2 is 1.84 bits per heavy atom. The predicted molar refractivity (Wildman–Crippen MR) is 85.5 cm³/mol. The minimum atomic E-state index is 0.886. The molecule has 19 heavy (non-hydrogen) atoms. The first kappa shape index (κ1) is 13.9. The Morgan fingerprint density at radius 1 is 1.11 bits per heavy atom. The van der Waals surface area contributed by atoms with Crippen molar-refractivity contribution in [2.24, 2.45) is 0 Å². The van der Waals surface area contributed by atoms with E-state index in [9.17, 15) is 0 Å². The van der Waals surface area contributed by atoms with E-state index in [1.54, 1.807) is 6.20 Å². The van der Waals surface area contributed by atoms with Gasteiger partial charge in [-0.25, -0.2) is 4.98 Å². The van der Waals surface area contributed by atoms with Crippen molar-refractivity contribution in [1.29, 1.82) is 0 Å². The van der Waals surface area contributed by atoms with Crippen molar-refractivity contribution in [3.8, 4) is 0 Å². The zero-order chi connectivity index (χ0) is 14.0. The molecule has 3 nitrogen and oxygen atoms in total. The first-order chi connectivity index (χ1) is 8.97. The molecule has 0 bridgehead atoms. The fraction of sp³-hybridized carbons (Fsp3) is 0.267. The lowest BCUT2D eigenvalue weighted by Crippen LogP contribution is -2.10. The monoisotopic (exact) mass is 319 g/mol. The summed E-state index contributed by atoms with van der Waals surface area (Å²) in [6, 6.07) is 8.38. The van der Waals surface area contributed by atoms with Crippen LogP contribution in [0.25, 0.3) is 0 Å². The molecule has 0 spiro atoms. The van der Waals surface area contributed by atoms with E-state index in [2.05, 4.69) is 76.4 Å². The van der Waals surface area contributed by atoms with Crippen molar-refractivity contribution in [2.45, 2.75) is 13.8 Å². The van der Waals surface area contributed by atoms with Gasteiger partial charge in [0.05, 0.1) is 0 Å². The second-order valence-corrected chi connectivity index (χ2v) is 5.76. The molecule has 1 aromatic heterocycles. The second-order valence-electron chi connectivity index (χ2n) is 4.84. The quantitative estimate of drug-likeness (QED) is 0.915. The molecule has 2 rings (SSSR count). The molecule has 1 heterocycles. The summed E-state index contributed by atoms with van der Waals surface area (Å²) >= 11 is 3.42. The van der Waals surface area contributed by atoms with E-state index in [1.807, 2.05) is 6.92 Å². The highest BCUT2D eigenvalue weighted by Crippen LogP contribution is 2.26. The van der Waals surface area contributed by atoms with Gasteiger partial charge in [0.15, 0.2) is 0 Å². The first-order valence-corrected chi connectivity index (χ1v) is 6.94. The number of aryl methyl sites for hydroxylation is 2. The normalized spacial score (nSPS) is 10.4. The largest absolute Gasteiger partial charge is 0.377 e. The molecule has 2 aromatic rings. The summed E-state index contributed by atoms with van der Waals surface area (Å²) in [6.07, 6.45) is 1.80. The van der Waals surface area contributed by atoms with Crippen LogP contribution in [0.4, 0.5) is 17.2 Å². The molecule has 0 aliphatic carbocycles. The van der Waals surface area contributed by atoms with Crippen LogP contribution >= 0.6 is 15.9 Å². The lowest BCUT2D eigenvalue weighted by molar-refractivity contribution is 1.11. The van der Waals surface area contributed by atoms with Gasteiger partial charge in [-0.05, 0) is 59.1 Å². The van der Waals surface area contributed by atoms with E-state index in [0.717, 1.165) is 21.5 Å². The predicted octanol–water partition coefficient (Wildman–Crippen LogP) is 4.27. The Bertz CT molecular complexity index is 594. The van der Waals surface area contributed by atoms with Crippen LogP contribution < -0.4 is 10.2 Å². The van der Waals surface area contributed by atoms with E-state index in [4.69, 9.17) is 0 Å². The smallest absolute Gasteiger partial charge is 0.133 e. The fourth-order valence-corrected chi connectivity index (χ4v) is 2.42. The van der Waals surface area contributed by atoms with Gasteiger partial charge in [0.25, 0.3) is 0 Å². The molecule has 0 radical (unpaired) electrons. The molecule has 0 aliphatic rings. The molecule has 0 unspecified atom stereocenters. The topological polar surface area (TPSA) is 28.2 Å². The second kappa shape index (κ2) is 5.61. The Labute approximate surface area is 122 Å². The third-order valence-electron chi connectivity index (χ3n) is 3.00. The number of hydrogen-bond donors (Lipinski definition) is 1. The number of nitrogens with zero attached hydrogens (tertiary/aromatic N) is 2. The van der Waals surface area contributed by atoms with E-state index >= 15 is 0 Å². The fourth-order valence-electron chi connectivity index (χ4n) is 1.98. The minimum absolute atomic E-state index is 0.886. The van der Waals surface area contributed by atoms with E-state index in [1.165, 1.54) is 11.3 Å². The molecule has 1 aromatic carbocycles. The molecule has 0 fully saturated rings. The first-order valence-electron chi connectivity index (χ1n) is 6.14. The number of benzene rings is 1. The average molecular weight is 320 g/mol. The van der Waals surface area contributed by atoms with Gasteiger partial charge in [-0.2, -0.15) is 0 Å². The lowest BCUT2D eigenvalue weighted by atomic mass is 10.1. The Hall–Kier alpha value is -1.55. The molecule has 0 saturated heterocycles. The minimum Gasteiger partial charge on any atom is -0.377 e. The van der Waals surface area contributed by atoms with Gasteiger partial charge < -0.3 is 10.2 Å². The maximum absolute atomic E-state index is 4.40. The molecule has 4 heteroatoms. The number of nitrogens with one attached hydrogen (secondary N) is 1. The molecule has 1 N–H and O–H groups in total. The van der Waals surface area contributed by atoms with Crippen molar-refractivity contribution in [3.63, 3.8) is 0 Å². The SMILES string of the molecule is Cc1ccc(Nc2ncc(Br)cc2C)cc1N(C)C. The maximum Gasteiger partial charge on any atom is 0.133 e. The van der Waals surface area contributed by atoms with Crippen molar-refractivity contribution >= 4 is 33.1 Å². The Balaban J connectivity index is 2.31.